The molecule has 31 heavy (non-hydrogen) atoms. The van der Waals surface area contributed by atoms with Crippen LogP contribution >= 0.6 is 0 Å². The zero-order valence-corrected chi connectivity index (χ0v) is 18.7. The van der Waals surface area contributed by atoms with E-state index in [2.05, 4.69) is 10.6 Å². The van der Waals surface area contributed by atoms with Crippen molar-refractivity contribution in [3.8, 4) is 0 Å². The molecule has 0 atom stereocenters. The van der Waals surface area contributed by atoms with Crippen molar-refractivity contribution in [1.82, 2.24) is 9.62 Å². The van der Waals surface area contributed by atoms with E-state index in [-0.39, 0.29) is 29.5 Å². The number of para-hydroxylation sites is 1. The average molecular weight is 446 g/mol. The Bertz CT molecular complexity index is 1070. The molecule has 1 fully saturated rings. The molecule has 1 aliphatic heterocycles. The zero-order valence-electron chi connectivity index (χ0n) is 17.8. The van der Waals surface area contributed by atoms with Crippen LogP contribution in [-0.4, -0.2) is 56.4 Å². The maximum absolute atomic E-state index is 12.9. The van der Waals surface area contributed by atoms with Crippen LogP contribution in [0.15, 0.2) is 53.4 Å². The molecule has 2 aromatic rings. The second-order valence-electron chi connectivity index (χ2n) is 8.25. The fraction of sp³-hybridized carbons (Fsp3) is 0.364. The topological polar surface area (TPSA) is 105 Å². The molecule has 2 aromatic carbocycles. The lowest BCUT2D eigenvalue weighted by Crippen LogP contribution is -2.41. The minimum Gasteiger partial charge on any atom is -0.379 e. The lowest BCUT2D eigenvalue weighted by Gasteiger charge is -2.26. The number of carbonyl (C=O) groups excluding carboxylic acids is 2. The van der Waals surface area contributed by atoms with Crippen LogP contribution in [0.1, 0.15) is 41.5 Å². The molecule has 0 aliphatic carbocycles. The molecule has 166 valence electrons. The number of nitrogens with zero attached hydrogens (tertiary/aromatic N) is 1. The zero-order chi connectivity index (χ0) is 22.6. The largest absolute Gasteiger partial charge is 0.379 e. The van der Waals surface area contributed by atoms with Gasteiger partial charge >= 0.3 is 0 Å². The van der Waals surface area contributed by atoms with Gasteiger partial charge < -0.3 is 15.4 Å². The summed E-state index contributed by atoms with van der Waals surface area (Å²) in [7, 11) is -3.72. The molecule has 1 heterocycles. The third-order valence-electron chi connectivity index (χ3n) is 4.61. The summed E-state index contributed by atoms with van der Waals surface area (Å²) in [5.74, 6) is -0.818. The molecule has 1 saturated heterocycles. The van der Waals surface area contributed by atoms with Crippen molar-refractivity contribution in [2.24, 2.45) is 0 Å². The van der Waals surface area contributed by atoms with Gasteiger partial charge in [-0.25, -0.2) is 8.42 Å². The van der Waals surface area contributed by atoms with Crippen LogP contribution in [0.2, 0.25) is 0 Å². The van der Waals surface area contributed by atoms with Crippen LogP contribution in [0, 0.1) is 0 Å². The van der Waals surface area contributed by atoms with Gasteiger partial charge in [0.2, 0.25) is 10.0 Å². The van der Waals surface area contributed by atoms with Crippen LogP contribution in [0.3, 0.4) is 0 Å². The van der Waals surface area contributed by atoms with E-state index in [9.17, 15) is 18.0 Å². The summed E-state index contributed by atoms with van der Waals surface area (Å²) >= 11 is 0. The fourth-order valence-corrected chi connectivity index (χ4v) is 4.58. The van der Waals surface area contributed by atoms with E-state index in [1.165, 1.54) is 28.6 Å². The Balaban J connectivity index is 1.82. The molecule has 0 saturated carbocycles. The molecule has 0 spiro atoms. The van der Waals surface area contributed by atoms with Crippen molar-refractivity contribution in [1.29, 1.82) is 0 Å². The van der Waals surface area contributed by atoms with Gasteiger partial charge in [-0.05, 0) is 51.1 Å². The second-order valence-corrected chi connectivity index (χ2v) is 10.2. The predicted octanol–water partition coefficient (Wildman–Crippen LogP) is 2.49. The fourth-order valence-electron chi connectivity index (χ4n) is 3.13. The number of hydrogen-bond acceptors (Lipinski definition) is 5. The van der Waals surface area contributed by atoms with Gasteiger partial charge in [0.05, 0.1) is 29.4 Å². The van der Waals surface area contributed by atoms with E-state index in [1.807, 2.05) is 20.8 Å². The number of ether oxygens (including phenoxy) is 1. The Hall–Kier alpha value is -2.75. The molecule has 0 aromatic heterocycles. The highest BCUT2D eigenvalue weighted by Gasteiger charge is 2.27. The first-order valence-corrected chi connectivity index (χ1v) is 11.4. The first kappa shape index (κ1) is 22.9. The number of carbonyl (C=O) groups is 2. The summed E-state index contributed by atoms with van der Waals surface area (Å²) in [5, 5.41) is 5.59. The molecular formula is C22H27N3O5S. The number of hydrogen-bond donors (Lipinski definition) is 2. The van der Waals surface area contributed by atoms with E-state index < -0.39 is 21.5 Å². The van der Waals surface area contributed by atoms with E-state index in [0.717, 1.165) is 0 Å². The number of morpholine rings is 1. The van der Waals surface area contributed by atoms with Crippen molar-refractivity contribution in [3.63, 3.8) is 0 Å². The Morgan fingerprint density at radius 2 is 1.65 bits per heavy atom. The van der Waals surface area contributed by atoms with Crippen molar-refractivity contribution in [2.75, 3.05) is 31.6 Å². The molecular weight excluding hydrogens is 418 g/mol. The minimum absolute atomic E-state index is 0.0424. The number of anilines is 1. The van der Waals surface area contributed by atoms with Crippen LogP contribution < -0.4 is 10.6 Å². The van der Waals surface area contributed by atoms with Crippen LogP contribution in [0.4, 0.5) is 5.69 Å². The van der Waals surface area contributed by atoms with Crippen LogP contribution in [0.25, 0.3) is 0 Å². The van der Waals surface area contributed by atoms with E-state index in [0.29, 0.717) is 24.5 Å². The molecule has 0 bridgehead atoms. The number of benzene rings is 2. The summed E-state index contributed by atoms with van der Waals surface area (Å²) in [4.78, 5) is 25.5. The average Bonchev–Trinajstić information content (AvgIpc) is 2.73. The summed E-state index contributed by atoms with van der Waals surface area (Å²) in [6, 6.07) is 12.5. The van der Waals surface area contributed by atoms with Crippen molar-refractivity contribution in [2.45, 2.75) is 31.2 Å². The lowest BCUT2D eigenvalue weighted by molar-refractivity contribution is 0.0730. The third-order valence-corrected chi connectivity index (χ3v) is 6.51. The highest BCUT2D eigenvalue weighted by atomic mass is 32.2. The van der Waals surface area contributed by atoms with E-state index in [1.54, 1.807) is 24.3 Å². The number of nitrogens with one attached hydrogen (secondary N) is 2. The summed E-state index contributed by atoms with van der Waals surface area (Å²) in [5.41, 5.74) is 0.412. The van der Waals surface area contributed by atoms with Crippen LogP contribution in [0.5, 0.6) is 0 Å². The van der Waals surface area contributed by atoms with Gasteiger partial charge in [-0.15, -0.1) is 0 Å². The molecule has 1 aliphatic rings. The van der Waals surface area contributed by atoms with Crippen LogP contribution in [-0.2, 0) is 14.8 Å². The highest BCUT2D eigenvalue weighted by molar-refractivity contribution is 7.89. The van der Waals surface area contributed by atoms with E-state index in [4.69, 9.17) is 4.74 Å². The standard InChI is InChI=1S/C22H27N3O5S/c1-22(2,3)24-21(27)18-9-4-5-10-19(18)23-20(26)16-7-6-8-17(15-16)31(28,29)25-11-13-30-14-12-25/h4-10,15H,11-14H2,1-3H3,(H,23,26)(H,24,27). The third kappa shape index (κ3) is 5.69. The van der Waals surface area contributed by atoms with Crippen molar-refractivity contribution < 1.29 is 22.7 Å². The van der Waals surface area contributed by atoms with Gasteiger partial charge in [-0.3, -0.25) is 9.59 Å². The molecule has 0 radical (unpaired) electrons. The molecule has 2 amide bonds. The predicted molar refractivity (Wildman–Crippen MR) is 118 cm³/mol. The molecule has 3 rings (SSSR count). The number of amides is 2. The lowest BCUT2D eigenvalue weighted by atomic mass is 10.1. The monoisotopic (exact) mass is 445 g/mol. The van der Waals surface area contributed by atoms with Gasteiger partial charge in [-0.1, -0.05) is 18.2 Å². The van der Waals surface area contributed by atoms with Gasteiger partial charge in [0.1, 0.15) is 0 Å². The Labute approximate surface area is 182 Å². The maximum Gasteiger partial charge on any atom is 0.255 e. The molecule has 0 unspecified atom stereocenters. The Kier molecular flexibility index (Phi) is 6.78. The van der Waals surface area contributed by atoms with Gasteiger partial charge in [0.15, 0.2) is 0 Å². The summed E-state index contributed by atoms with van der Waals surface area (Å²) in [6.45, 7) is 6.83. The second kappa shape index (κ2) is 9.17. The summed E-state index contributed by atoms with van der Waals surface area (Å²) in [6.07, 6.45) is 0. The Morgan fingerprint density at radius 1 is 0.968 bits per heavy atom. The first-order valence-electron chi connectivity index (χ1n) is 9.99. The normalized spacial score (nSPS) is 15.3. The quantitative estimate of drug-likeness (QED) is 0.736. The smallest absolute Gasteiger partial charge is 0.255 e. The van der Waals surface area contributed by atoms with Gasteiger partial charge in [-0.2, -0.15) is 4.31 Å². The summed E-state index contributed by atoms with van der Waals surface area (Å²) < 4.78 is 32.3. The molecule has 2 N–H and O–H groups in total. The van der Waals surface area contributed by atoms with Crippen molar-refractivity contribution >= 4 is 27.5 Å². The van der Waals surface area contributed by atoms with Gasteiger partial charge in [0, 0.05) is 24.2 Å². The number of sulfonamides is 1. The maximum atomic E-state index is 12.9. The number of rotatable bonds is 5. The Morgan fingerprint density at radius 3 is 2.32 bits per heavy atom. The molecule has 9 heteroatoms. The minimum atomic E-state index is -3.72. The van der Waals surface area contributed by atoms with Crippen molar-refractivity contribution in [3.05, 3.63) is 59.7 Å². The van der Waals surface area contributed by atoms with Gasteiger partial charge in [0.25, 0.3) is 11.8 Å². The first-order chi connectivity index (χ1) is 14.6. The highest BCUT2D eigenvalue weighted by Crippen LogP contribution is 2.21. The SMILES string of the molecule is CC(C)(C)NC(=O)c1ccccc1NC(=O)c1cccc(S(=O)(=O)N2CCOCC2)c1. The van der Waals surface area contributed by atoms with E-state index >= 15 is 0 Å². The molecule has 8 nitrogen and oxygen atoms in total.